The molecule has 5 aliphatic heterocycles. The number of fused-ring (bicyclic) bond motifs is 5. The van der Waals surface area contributed by atoms with E-state index in [0.29, 0.717) is 45.2 Å². The van der Waals surface area contributed by atoms with Crippen LogP contribution in [-0.4, -0.2) is 106 Å². The van der Waals surface area contributed by atoms with Crippen LogP contribution in [0.5, 0.6) is 46.0 Å². The molecule has 734 valence electrons. The molecule has 14 aromatic rings. The molecule has 34 heteroatoms. The zero-order valence-corrected chi connectivity index (χ0v) is 87.5. The van der Waals surface area contributed by atoms with Gasteiger partial charge in [-0.05, 0) is 194 Å². The van der Waals surface area contributed by atoms with Crippen LogP contribution in [0.4, 0.5) is 0 Å². The number of hydrogen-bond acceptors (Lipinski definition) is 23. The lowest BCUT2D eigenvalue weighted by Crippen LogP contribution is -2.51. The summed E-state index contributed by atoms with van der Waals surface area (Å²) < 4.78 is 55.5. The molecule has 0 aliphatic carbocycles. The molecule has 0 fully saturated rings. The third-order valence-electron chi connectivity index (χ3n) is 21.2. The Hall–Kier alpha value is -13.6. The normalized spacial score (nSPS) is 17.1. The van der Waals surface area contributed by atoms with Crippen molar-refractivity contribution < 1.29 is 75.3 Å². The number of carbonyl (C=O) groups excluding carboxylic acids is 3. The van der Waals surface area contributed by atoms with Gasteiger partial charge in [0.1, 0.15) is 62.8 Å². The number of Topliss-reactive ketones (excluding diaryl/α,β-unsaturated/α-hetero) is 1. The lowest BCUT2D eigenvalue weighted by Gasteiger charge is -2.36. The molecular formula is C109H107B3Br5ClN10O15. The molecule has 4 radical (unpaired) electrons. The summed E-state index contributed by atoms with van der Waals surface area (Å²) >= 11 is 23.4. The Morgan fingerprint density at radius 1 is 0.448 bits per heavy atom. The second kappa shape index (κ2) is 54.6. The number of nitrogens with zero attached hydrogens (tertiary/aromatic N) is 4. The third-order valence-corrected chi connectivity index (χ3v) is 23.9. The summed E-state index contributed by atoms with van der Waals surface area (Å²) in [6, 6.07) is 106. The fourth-order valence-corrected chi connectivity index (χ4v) is 16.5. The molecular weight excluding hydrogens is 2160 g/mol. The highest BCUT2D eigenvalue weighted by molar-refractivity contribution is 9.11. The molecule has 25 nitrogen and oxygen atoms in total. The standard InChI is InChI=1S/C22H20N2O2.C16H15BrN2O2.C15H11BrClNO.C15H13BrN2O.C15H12BrNO2.C8H7BrO.C7H9BO3.C7H7NO2.C2H2.CH5NO.CH4.B2.H2/c1-22(24-21(23)19-11-3-4-12-20(19)26-22)17-9-5-7-15(13-17)16-8-6-10-18(14-16)25-2;1-16(11-6-5-7-12(17)10-11)18-15(19-20-2)13-8-3-4-9-14(13)21-16;2*1-15(10-5-4-6-11(16)9-10)18-14(17)12-7-2-3-8-13(12)19-15;1-15(10-5-4-6-11(16)9-10)17-14(18)12-7-2-3-8-13(12)19-15;1-6(10)7-3-2-4-8(9)5-7;1-11-7-4-2-3-6(5-7)8(9)10;8-7(10)5-3-1-2-4-6(5)9;1-2;1-3-2;;1-2;/h3-14H,1-2H3,(H2,23,24);3-10H,1-2H3,(H,18,19);2-9H,1H3;2-9H,1H3,(H2,17,18);2-9H,1H3,(H,17,18);2-5H,1H3;2-5,9-10H,1H3;1-4,9H,(H2,8,10);1-2H;2H2,1H3;1H4;;1H/i;;;;;;;;;;;;1+1D. The van der Waals surface area contributed by atoms with Crippen molar-refractivity contribution in [1.29, 1.82) is 0 Å². The number of carbonyl (C=O) groups is 3. The van der Waals surface area contributed by atoms with E-state index in [9.17, 15) is 14.4 Å². The van der Waals surface area contributed by atoms with Crippen LogP contribution >= 0.6 is 91.3 Å². The monoisotopic (exact) mass is 2260 g/mol. The summed E-state index contributed by atoms with van der Waals surface area (Å²) in [4.78, 5) is 60.6. The highest BCUT2D eigenvalue weighted by atomic mass is 79.9. The lowest BCUT2D eigenvalue weighted by atomic mass is 9.80. The number of amides is 2. The molecule has 19 rings (SSSR count). The van der Waals surface area contributed by atoms with E-state index in [1.54, 1.807) is 69.7 Å². The minimum Gasteiger partial charge on any atom is -0.507 e. The number of terminal acetylenes is 1. The van der Waals surface area contributed by atoms with Gasteiger partial charge in [-0.25, -0.2) is 31.3 Å². The molecule has 5 heterocycles. The lowest BCUT2D eigenvalue weighted by molar-refractivity contribution is 0.0288. The Balaban J connectivity index is 0.000000225. The Labute approximate surface area is 886 Å². The number of aromatic hydroxyl groups is 1. The number of rotatable bonds is 12. The molecule has 13 N–H and O–H groups in total. The Morgan fingerprint density at radius 2 is 0.790 bits per heavy atom. The van der Waals surface area contributed by atoms with Crippen molar-refractivity contribution in [2.45, 2.75) is 77.6 Å². The fraction of sp³-hybridized carbons (Fsp3) is 0.147. The number of ketones is 1. The predicted octanol–water partition coefficient (Wildman–Crippen LogP) is 21.9. The van der Waals surface area contributed by atoms with Crippen LogP contribution in [0.15, 0.2) is 382 Å². The number of benzene rings is 14. The van der Waals surface area contributed by atoms with Crippen molar-refractivity contribution in [3.05, 3.63) is 429 Å². The number of primary amides is 1. The van der Waals surface area contributed by atoms with Crippen molar-refractivity contribution in [2.24, 2.45) is 43.1 Å². The van der Waals surface area contributed by atoms with E-state index in [1.165, 1.54) is 26.4 Å². The first kappa shape index (κ1) is 113. The summed E-state index contributed by atoms with van der Waals surface area (Å²) in [5, 5.41) is 29.9. The summed E-state index contributed by atoms with van der Waals surface area (Å²) in [6.45, 7) is 11.1. The number of ether oxygens (including phenoxy) is 7. The number of halogens is 6. The molecule has 0 aromatic heterocycles. The van der Waals surface area contributed by atoms with Crippen LogP contribution in [0, 0.1) is 12.8 Å². The van der Waals surface area contributed by atoms with E-state index >= 15 is 0 Å². The van der Waals surface area contributed by atoms with Crippen LogP contribution in [-0.2, 0) is 38.3 Å². The SMILES string of the molecule is C.C#C.CC(=O)c1cccc(Br)c1.CC1(c2cccc(Br)c2)N=C(Cl)c2ccccc2O1.CC1(c2cccc(Br)c2)N=C(N)c2ccccc2O1.CC1(c2cccc(Br)c2)NC(=O)c2ccccc2O1.CON.CONC1=NC(C)(c2cccc(Br)c2)Oc2ccccc21.COc1cccc(-c2cccc(C3(C)N=C(N)c4ccccc4O3)c2)c1.COc1cccc(B(O)O)c1.NC(=O)c1ccccc1O.[2H][2H].[B][B]. The first-order chi connectivity index (χ1) is 69.0. The average Bonchev–Trinajstić information content (AvgIpc) is 0.723. The topological polar surface area (TPSA) is 373 Å². The second-order valence-corrected chi connectivity index (χ2v) is 36.2. The van der Waals surface area contributed by atoms with Gasteiger partial charge in [0.15, 0.2) is 11.6 Å². The van der Waals surface area contributed by atoms with E-state index in [0.717, 1.165) is 118 Å². The number of amidine groups is 3. The Bertz CT molecular complexity index is 6740. The average molecular weight is 2270 g/mol. The van der Waals surface area contributed by atoms with Gasteiger partial charge in [0.2, 0.25) is 28.6 Å². The van der Waals surface area contributed by atoms with E-state index in [4.69, 9.17) is 89.9 Å². The largest absolute Gasteiger partial charge is 0.507 e. The molecule has 0 saturated carbocycles. The number of hydroxylamine groups is 1. The number of nitrogens with two attached hydrogens (primary N) is 4. The van der Waals surface area contributed by atoms with Gasteiger partial charge in [0.25, 0.3) is 11.8 Å². The highest BCUT2D eigenvalue weighted by Gasteiger charge is 2.40. The summed E-state index contributed by atoms with van der Waals surface area (Å²) in [5.74, 6) is 10.4. The van der Waals surface area contributed by atoms with Crippen molar-refractivity contribution in [2.75, 3.05) is 28.4 Å². The van der Waals surface area contributed by atoms with E-state index < -0.39 is 41.7 Å². The number of methoxy groups -OCH3 is 2. The molecule has 143 heavy (non-hydrogen) atoms. The Kier molecular flexibility index (Phi) is 43.1. The van der Waals surface area contributed by atoms with Crippen molar-refractivity contribution >= 4 is 160 Å². The number of para-hydroxylation sites is 6. The second-order valence-electron chi connectivity index (χ2n) is 31.3. The zero-order chi connectivity index (χ0) is 105. The van der Waals surface area contributed by atoms with Gasteiger partial charge in [0, 0.05) is 102 Å². The molecule has 14 aromatic carbocycles. The van der Waals surface area contributed by atoms with Crippen molar-refractivity contribution in [3.8, 4) is 70.0 Å². The van der Waals surface area contributed by atoms with E-state index in [2.05, 4.69) is 163 Å². The Morgan fingerprint density at radius 3 is 1.21 bits per heavy atom. The maximum atomic E-state index is 12.2. The zero-order valence-electron chi connectivity index (χ0n) is 80.8. The predicted molar refractivity (Wildman–Crippen MR) is 590 cm³/mol. The molecule has 5 aliphatic rings. The quantitative estimate of drug-likeness (QED) is 0.0237. The van der Waals surface area contributed by atoms with Gasteiger partial charge in [-0.15, -0.1) is 12.8 Å². The molecule has 5 atom stereocenters. The first-order valence-corrected chi connectivity index (χ1v) is 47.5. The number of phenols is 1. The van der Waals surface area contributed by atoms with Gasteiger partial charge in [-0.2, -0.15) is 0 Å². The van der Waals surface area contributed by atoms with Crippen molar-refractivity contribution in [3.63, 3.8) is 0 Å². The van der Waals surface area contributed by atoms with Gasteiger partial charge in [0.05, 0.1) is 61.8 Å². The molecule has 0 saturated heterocycles. The van der Waals surface area contributed by atoms with E-state index in [1.807, 2.05) is 295 Å². The van der Waals surface area contributed by atoms with Crippen molar-refractivity contribution in [1.82, 2.24) is 10.8 Å². The molecule has 5 unspecified atom stereocenters. The maximum Gasteiger partial charge on any atom is 0.488 e. The van der Waals surface area contributed by atoms with Gasteiger partial charge in [-0.1, -0.05) is 275 Å². The summed E-state index contributed by atoms with van der Waals surface area (Å²) in [7, 11) is 12.7. The minimum atomic E-state index is -1.43. The van der Waals surface area contributed by atoms with Gasteiger partial charge in [-0.3, -0.25) is 19.2 Å². The highest BCUT2D eigenvalue weighted by Crippen LogP contribution is 2.43. The van der Waals surface area contributed by atoms with Crippen LogP contribution in [0.1, 0.15) is 133 Å². The molecule has 0 spiro atoms. The van der Waals surface area contributed by atoms with E-state index in [-0.39, 0.29) is 30.4 Å². The first-order valence-electron chi connectivity index (χ1n) is 44.2. The minimum absolute atomic E-state index is 0. The van der Waals surface area contributed by atoms with Crippen LogP contribution in [0.25, 0.3) is 11.1 Å². The van der Waals surface area contributed by atoms with Crippen LogP contribution < -0.4 is 72.5 Å². The third kappa shape index (κ3) is 31.5. The fourth-order valence-electron chi connectivity index (χ4n) is 14.2. The number of nitrogens with one attached hydrogen (secondary N) is 2. The summed E-state index contributed by atoms with van der Waals surface area (Å²) in [6.07, 6.45) is 8.00. The van der Waals surface area contributed by atoms with Crippen LogP contribution in [0.2, 0.25) is 0 Å². The maximum absolute atomic E-state index is 12.2. The van der Waals surface area contributed by atoms with Gasteiger partial charge >= 0.3 is 7.12 Å². The van der Waals surface area contributed by atoms with Crippen LogP contribution in [0.3, 0.4) is 0 Å². The molecule has 0 bridgehead atoms. The summed E-state index contributed by atoms with van der Waals surface area (Å²) in [5.41, 5.74) is 28.0. The number of hydrogen-bond donors (Lipinski definition) is 9. The molecule has 2 amide bonds. The van der Waals surface area contributed by atoms with Gasteiger partial charge < -0.3 is 75.7 Å². The smallest absolute Gasteiger partial charge is 0.488 e. The number of aliphatic imine (C=N–C) groups is 4.